The van der Waals surface area contributed by atoms with Crippen LogP contribution in [-0.4, -0.2) is 31.1 Å². The molecule has 0 bridgehead atoms. The molecule has 0 aliphatic heterocycles. The van der Waals surface area contributed by atoms with E-state index >= 15 is 0 Å². The maximum atomic E-state index is 12.2. The highest BCUT2D eigenvalue weighted by atomic mass is 16.6. The van der Waals surface area contributed by atoms with Crippen LogP contribution in [0.4, 0.5) is 0 Å². The molecule has 1 N–H and O–H groups in total. The second-order valence-corrected chi connectivity index (χ2v) is 7.11. The first-order chi connectivity index (χ1) is 11.2. The van der Waals surface area contributed by atoms with Gasteiger partial charge in [0.25, 0.3) is 0 Å². The van der Waals surface area contributed by atoms with Gasteiger partial charge in [-0.15, -0.1) is 0 Å². The summed E-state index contributed by atoms with van der Waals surface area (Å²) in [5.41, 5.74) is 1.03. The lowest BCUT2D eigenvalue weighted by Crippen LogP contribution is -2.39. The number of nitrogens with one attached hydrogen (secondary N) is 1. The second-order valence-electron chi connectivity index (χ2n) is 7.11. The lowest BCUT2D eigenvalue weighted by Gasteiger charge is -2.23. The highest BCUT2D eigenvalue weighted by molar-refractivity contribution is 5.81. The van der Waals surface area contributed by atoms with E-state index in [-0.39, 0.29) is 12.0 Å². The minimum Gasteiger partial charge on any atom is -0.458 e. The Bertz CT molecular complexity index is 522. The predicted octanol–water partition coefficient (Wildman–Crippen LogP) is 3.08. The quantitative estimate of drug-likeness (QED) is 0.740. The van der Waals surface area contributed by atoms with E-state index in [1.54, 1.807) is 7.05 Å². The van der Waals surface area contributed by atoms with Crippen LogP contribution in [0.2, 0.25) is 0 Å². The second kappa shape index (κ2) is 9.42. The summed E-state index contributed by atoms with van der Waals surface area (Å²) in [6.07, 6.45) is 0.608. The third kappa shape index (κ3) is 7.59. The van der Waals surface area contributed by atoms with E-state index in [0.29, 0.717) is 6.42 Å². The highest BCUT2D eigenvalue weighted by Gasteiger charge is 2.26. The van der Waals surface area contributed by atoms with E-state index in [1.165, 1.54) is 6.92 Å². The minimum absolute atomic E-state index is 0.135. The molecule has 2 atom stereocenters. The third-order valence-electron chi connectivity index (χ3n) is 3.66. The molecule has 0 spiro atoms. The van der Waals surface area contributed by atoms with Crippen LogP contribution in [0, 0.1) is 5.41 Å². The largest absolute Gasteiger partial charge is 0.458 e. The van der Waals surface area contributed by atoms with Crippen LogP contribution in [-0.2, 0) is 25.7 Å². The van der Waals surface area contributed by atoms with Crippen molar-refractivity contribution in [1.29, 1.82) is 0 Å². The molecular weight excluding hydrogens is 306 g/mol. The zero-order chi connectivity index (χ0) is 18.2. The van der Waals surface area contributed by atoms with Crippen LogP contribution < -0.4 is 5.32 Å². The number of likely N-dealkylation sites (N-methyl/N-ethyl adjacent to an activating group) is 1. The van der Waals surface area contributed by atoms with Crippen LogP contribution in [0.5, 0.6) is 0 Å². The van der Waals surface area contributed by atoms with Gasteiger partial charge in [-0.25, -0.2) is 4.79 Å². The fourth-order valence-corrected chi connectivity index (χ4v) is 2.11. The van der Waals surface area contributed by atoms with Crippen molar-refractivity contribution in [3.05, 3.63) is 35.9 Å². The predicted molar refractivity (Wildman–Crippen MR) is 93.3 cm³/mol. The first kappa shape index (κ1) is 20.2. The van der Waals surface area contributed by atoms with Gasteiger partial charge in [-0.2, -0.15) is 0 Å². The Morgan fingerprint density at radius 1 is 1.12 bits per heavy atom. The fraction of sp³-hybridized carbons (Fsp3) is 0.579. The van der Waals surface area contributed by atoms with E-state index in [2.05, 4.69) is 26.1 Å². The maximum Gasteiger partial charge on any atom is 0.347 e. The number of rotatable bonds is 8. The van der Waals surface area contributed by atoms with E-state index in [4.69, 9.17) is 9.47 Å². The van der Waals surface area contributed by atoms with Crippen molar-refractivity contribution in [2.45, 2.75) is 59.3 Å². The summed E-state index contributed by atoms with van der Waals surface area (Å²) in [4.78, 5) is 24.1. The molecule has 5 nitrogen and oxygen atoms in total. The maximum absolute atomic E-state index is 12.2. The Labute approximate surface area is 144 Å². The average Bonchev–Trinajstić information content (AvgIpc) is 2.53. The number of hydrogen-bond acceptors (Lipinski definition) is 5. The summed E-state index contributed by atoms with van der Waals surface area (Å²) in [5.74, 6) is -0.969. The van der Waals surface area contributed by atoms with Gasteiger partial charge in [0.15, 0.2) is 6.10 Å². The lowest BCUT2D eigenvalue weighted by atomic mass is 9.89. The van der Waals surface area contributed by atoms with Crippen LogP contribution in [0.3, 0.4) is 0 Å². The van der Waals surface area contributed by atoms with Gasteiger partial charge in [-0.05, 0) is 37.8 Å². The molecule has 0 saturated heterocycles. The van der Waals surface area contributed by atoms with Gasteiger partial charge in [0.05, 0.1) is 0 Å². The Hall–Kier alpha value is -1.88. The number of carbonyl (C=O) groups excluding carboxylic acids is 2. The SMILES string of the molecule is CN[C@@H](CCC(C)(C)C)C(=O)O[C@H](C)C(=O)OCc1ccccc1. The molecule has 1 rings (SSSR count). The van der Waals surface area contributed by atoms with E-state index in [9.17, 15) is 9.59 Å². The summed E-state index contributed by atoms with van der Waals surface area (Å²) < 4.78 is 10.4. The molecule has 0 aromatic heterocycles. The van der Waals surface area contributed by atoms with Gasteiger partial charge in [-0.3, -0.25) is 4.79 Å². The number of benzene rings is 1. The normalized spacial score (nSPS) is 13.9. The molecule has 0 amide bonds. The number of carbonyl (C=O) groups is 2. The van der Waals surface area contributed by atoms with Gasteiger partial charge in [0.2, 0.25) is 0 Å². The van der Waals surface area contributed by atoms with Crippen molar-refractivity contribution in [3.63, 3.8) is 0 Å². The Kier molecular flexibility index (Phi) is 7.92. The van der Waals surface area contributed by atoms with Crippen LogP contribution in [0.1, 0.15) is 46.1 Å². The van der Waals surface area contributed by atoms with Crippen molar-refractivity contribution >= 4 is 11.9 Å². The summed E-state index contributed by atoms with van der Waals surface area (Å²) in [6, 6.07) is 8.96. The van der Waals surface area contributed by atoms with Crippen molar-refractivity contribution in [2.75, 3.05) is 7.05 Å². The summed E-state index contributed by atoms with van der Waals surface area (Å²) in [6.45, 7) is 8.06. The minimum atomic E-state index is -0.924. The van der Waals surface area contributed by atoms with Gasteiger partial charge in [0, 0.05) is 0 Å². The average molecular weight is 335 g/mol. The van der Waals surface area contributed by atoms with E-state index in [0.717, 1.165) is 12.0 Å². The molecule has 134 valence electrons. The zero-order valence-corrected chi connectivity index (χ0v) is 15.3. The van der Waals surface area contributed by atoms with Crippen molar-refractivity contribution < 1.29 is 19.1 Å². The van der Waals surface area contributed by atoms with E-state index < -0.39 is 24.1 Å². The van der Waals surface area contributed by atoms with Gasteiger partial charge >= 0.3 is 11.9 Å². The molecule has 0 aliphatic rings. The summed E-state index contributed by atoms with van der Waals surface area (Å²) in [5, 5.41) is 2.95. The number of ether oxygens (including phenoxy) is 2. The van der Waals surface area contributed by atoms with Gasteiger partial charge < -0.3 is 14.8 Å². The van der Waals surface area contributed by atoms with Crippen molar-refractivity contribution in [3.8, 4) is 0 Å². The van der Waals surface area contributed by atoms with E-state index in [1.807, 2.05) is 30.3 Å². The summed E-state index contributed by atoms with van der Waals surface area (Å²) in [7, 11) is 1.72. The highest BCUT2D eigenvalue weighted by Crippen LogP contribution is 2.22. The smallest absolute Gasteiger partial charge is 0.347 e. The molecule has 1 aromatic carbocycles. The zero-order valence-electron chi connectivity index (χ0n) is 15.3. The Morgan fingerprint density at radius 3 is 2.29 bits per heavy atom. The molecule has 0 saturated carbocycles. The monoisotopic (exact) mass is 335 g/mol. The Morgan fingerprint density at radius 2 is 1.75 bits per heavy atom. The van der Waals surface area contributed by atoms with Crippen LogP contribution >= 0.6 is 0 Å². The van der Waals surface area contributed by atoms with Gasteiger partial charge in [-0.1, -0.05) is 51.1 Å². The topological polar surface area (TPSA) is 64.6 Å². The van der Waals surface area contributed by atoms with Crippen molar-refractivity contribution in [2.24, 2.45) is 5.41 Å². The molecule has 0 radical (unpaired) electrons. The first-order valence-corrected chi connectivity index (χ1v) is 8.31. The van der Waals surface area contributed by atoms with Crippen LogP contribution in [0.25, 0.3) is 0 Å². The van der Waals surface area contributed by atoms with Gasteiger partial charge in [0.1, 0.15) is 12.6 Å². The molecule has 5 heteroatoms. The standard InChI is InChI=1S/C19H29NO4/c1-14(17(21)23-13-15-9-7-6-8-10-15)24-18(22)16(20-5)11-12-19(2,3)4/h6-10,14,16,20H,11-13H2,1-5H3/t14-,16+/m1/s1. The molecule has 0 heterocycles. The molecular formula is C19H29NO4. The molecule has 0 unspecified atom stereocenters. The van der Waals surface area contributed by atoms with Crippen LogP contribution in [0.15, 0.2) is 30.3 Å². The first-order valence-electron chi connectivity index (χ1n) is 8.31. The third-order valence-corrected chi connectivity index (χ3v) is 3.66. The molecule has 0 fully saturated rings. The number of esters is 2. The number of hydrogen-bond donors (Lipinski definition) is 1. The summed E-state index contributed by atoms with van der Waals surface area (Å²) >= 11 is 0. The van der Waals surface area contributed by atoms with Crippen molar-refractivity contribution in [1.82, 2.24) is 5.32 Å². The Balaban J connectivity index is 2.44. The molecule has 1 aromatic rings. The molecule has 0 aliphatic carbocycles. The lowest BCUT2D eigenvalue weighted by molar-refractivity contribution is -0.168. The fourth-order valence-electron chi connectivity index (χ4n) is 2.11. The molecule has 24 heavy (non-hydrogen) atoms.